The Morgan fingerprint density at radius 1 is 1.32 bits per heavy atom. The molecule has 0 radical (unpaired) electrons. The molecular weight excluding hydrogens is 298 g/mol. The maximum Gasteiger partial charge on any atom is 0.221 e. The van der Waals surface area contributed by atoms with Gasteiger partial charge in [-0.05, 0) is 25.1 Å². The summed E-state index contributed by atoms with van der Waals surface area (Å²) in [7, 11) is 1.63. The predicted octanol–water partition coefficient (Wildman–Crippen LogP) is 3.63. The van der Waals surface area contributed by atoms with Crippen LogP contribution in [0.1, 0.15) is 12.6 Å². The van der Waals surface area contributed by atoms with Crippen molar-refractivity contribution >= 4 is 33.1 Å². The van der Waals surface area contributed by atoms with Crippen LogP contribution in [0.15, 0.2) is 30.5 Å². The van der Waals surface area contributed by atoms with Crippen molar-refractivity contribution in [2.75, 3.05) is 12.4 Å². The third kappa shape index (κ3) is 2.78. The van der Waals surface area contributed by atoms with E-state index in [1.165, 1.54) is 6.92 Å². The summed E-state index contributed by atoms with van der Waals surface area (Å²) in [6.07, 6.45) is 1.75. The summed E-state index contributed by atoms with van der Waals surface area (Å²) in [5.41, 5.74) is 3.26. The minimum Gasteiger partial charge on any atom is -0.497 e. The Labute approximate surface area is 132 Å². The molecule has 0 aliphatic carbocycles. The molecule has 0 bridgehead atoms. The quantitative estimate of drug-likeness (QED) is 0.802. The summed E-state index contributed by atoms with van der Waals surface area (Å²) in [5.74, 6) is 0.656. The number of pyridine rings is 1. The number of carbonyl (C=O) groups is 1. The maximum absolute atomic E-state index is 11.4. The van der Waals surface area contributed by atoms with Crippen LogP contribution in [-0.2, 0) is 4.79 Å². The van der Waals surface area contributed by atoms with Gasteiger partial charge in [-0.2, -0.15) is 0 Å². The molecule has 0 saturated heterocycles. The number of nitrogens with one attached hydrogen (secondary N) is 1. The van der Waals surface area contributed by atoms with Crippen LogP contribution in [0.4, 0.5) is 5.69 Å². The highest BCUT2D eigenvalue weighted by Crippen LogP contribution is 2.35. The number of anilines is 1. The molecule has 0 atom stereocenters. The lowest BCUT2D eigenvalue weighted by molar-refractivity contribution is -0.114. The number of thiazole rings is 1. The Hall–Kier alpha value is -2.47. The van der Waals surface area contributed by atoms with Crippen molar-refractivity contribution in [3.8, 4) is 16.3 Å². The lowest BCUT2D eigenvalue weighted by Crippen LogP contribution is -2.07. The number of hydrogen-bond acceptors (Lipinski definition) is 5. The number of ether oxygens (including phenoxy) is 1. The molecule has 1 amide bonds. The van der Waals surface area contributed by atoms with Gasteiger partial charge in [0.1, 0.15) is 10.8 Å². The lowest BCUT2D eigenvalue weighted by atomic mass is 10.2. The van der Waals surface area contributed by atoms with Gasteiger partial charge in [0.05, 0.1) is 28.6 Å². The Morgan fingerprint density at radius 3 is 2.86 bits per heavy atom. The molecule has 3 rings (SSSR count). The van der Waals surface area contributed by atoms with E-state index in [4.69, 9.17) is 4.74 Å². The van der Waals surface area contributed by atoms with E-state index in [0.717, 1.165) is 37.9 Å². The summed E-state index contributed by atoms with van der Waals surface area (Å²) in [6, 6.07) is 7.64. The van der Waals surface area contributed by atoms with E-state index in [1.54, 1.807) is 24.6 Å². The number of nitrogens with zero attached hydrogens (tertiary/aromatic N) is 2. The fourth-order valence-electron chi connectivity index (χ4n) is 2.17. The predicted molar refractivity (Wildman–Crippen MR) is 88.4 cm³/mol. The largest absolute Gasteiger partial charge is 0.497 e. The molecule has 0 aliphatic rings. The van der Waals surface area contributed by atoms with Crippen molar-refractivity contribution in [2.24, 2.45) is 0 Å². The van der Waals surface area contributed by atoms with Gasteiger partial charge in [-0.25, -0.2) is 4.98 Å². The van der Waals surface area contributed by atoms with Gasteiger partial charge in [0.15, 0.2) is 0 Å². The first kappa shape index (κ1) is 14.5. The fourth-order valence-corrected chi connectivity index (χ4v) is 3.14. The molecule has 0 fully saturated rings. The summed E-state index contributed by atoms with van der Waals surface area (Å²) in [6.45, 7) is 3.38. The second kappa shape index (κ2) is 5.73. The highest BCUT2D eigenvalue weighted by Gasteiger charge is 2.13. The van der Waals surface area contributed by atoms with Gasteiger partial charge in [-0.15, -0.1) is 11.3 Å². The van der Waals surface area contributed by atoms with Crippen LogP contribution >= 0.6 is 11.3 Å². The topological polar surface area (TPSA) is 64.1 Å². The SMILES string of the molecule is COc1ccc2sc(-c3cnc(C)cc3NC(C)=O)nc2c1. The molecule has 3 aromatic rings. The zero-order valence-corrected chi connectivity index (χ0v) is 13.3. The minimum atomic E-state index is -0.116. The molecule has 1 aromatic carbocycles. The van der Waals surface area contributed by atoms with Crippen molar-refractivity contribution < 1.29 is 9.53 Å². The average Bonchev–Trinajstić information content (AvgIpc) is 2.89. The Bertz CT molecular complexity index is 858. The first-order valence-corrected chi connectivity index (χ1v) is 7.57. The maximum atomic E-state index is 11.4. The smallest absolute Gasteiger partial charge is 0.221 e. The van der Waals surface area contributed by atoms with E-state index >= 15 is 0 Å². The molecule has 0 unspecified atom stereocenters. The molecule has 0 spiro atoms. The van der Waals surface area contributed by atoms with Gasteiger partial charge in [0, 0.05) is 24.9 Å². The highest BCUT2D eigenvalue weighted by molar-refractivity contribution is 7.21. The molecular formula is C16H15N3O2S. The number of carbonyl (C=O) groups excluding carboxylic acids is 1. The number of aromatic nitrogens is 2. The van der Waals surface area contributed by atoms with Crippen LogP contribution in [0.5, 0.6) is 5.75 Å². The van der Waals surface area contributed by atoms with Gasteiger partial charge in [-0.3, -0.25) is 9.78 Å². The number of methoxy groups -OCH3 is 1. The van der Waals surface area contributed by atoms with Crippen molar-refractivity contribution in [2.45, 2.75) is 13.8 Å². The van der Waals surface area contributed by atoms with Crippen LogP contribution < -0.4 is 10.1 Å². The Kier molecular flexibility index (Phi) is 3.77. The molecule has 2 aromatic heterocycles. The average molecular weight is 313 g/mol. The van der Waals surface area contributed by atoms with E-state index in [-0.39, 0.29) is 5.91 Å². The molecule has 22 heavy (non-hydrogen) atoms. The third-order valence-electron chi connectivity index (χ3n) is 3.18. The summed E-state index contributed by atoms with van der Waals surface area (Å²) in [4.78, 5) is 20.4. The van der Waals surface area contributed by atoms with Crippen molar-refractivity contribution in [3.05, 3.63) is 36.2 Å². The monoisotopic (exact) mass is 313 g/mol. The summed E-state index contributed by atoms with van der Waals surface area (Å²) in [5, 5.41) is 3.66. The first-order valence-electron chi connectivity index (χ1n) is 6.76. The number of benzene rings is 1. The van der Waals surface area contributed by atoms with Crippen LogP contribution in [-0.4, -0.2) is 23.0 Å². The van der Waals surface area contributed by atoms with Crippen molar-refractivity contribution in [3.63, 3.8) is 0 Å². The highest BCUT2D eigenvalue weighted by atomic mass is 32.1. The van der Waals surface area contributed by atoms with E-state index in [9.17, 15) is 4.79 Å². The number of fused-ring (bicyclic) bond motifs is 1. The normalized spacial score (nSPS) is 10.7. The fraction of sp³-hybridized carbons (Fsp3) is 0.188. The van der Waals surface area contributed by atoms with E-state index in [2.05, 4.69) is 15.3 Å². The molecule has 5 nitrogen and oxygen atoms in total. The van der Waals surface area contributed by atoms with Crippen LogP contribution in [0, 0.1) is 6.92 Å². The van der Waals surface area contributed by atoms with Gasteiger partial charge < -0.3 is 10.1 Å². The first-order chi connectivity index (χ1) is 10.6. The van der Waals surface area contributed by atoms with Crippen LogP contribution in [0.25, 0.3) is 20.8 Å². The van der Waals surface area contributed by atoms with Gasteiger partial charge in [0.25, 0.3) is 0 Å². The summed E-state index contributed by atoms with van der Waals surface area (Å²) < 4.78 is 6.28. The zero-order chi connectivity index (χ0) is 15.7. The minimum absolute atomic E-state index is 0.116. The summed E-state index contributed by atoms with van der Waals surface area (Å²) >= 11 is 1.56. The van der Waals surface area contributed by atoms with Crippen molar-refractivity contribution in [1.82, 2.24) is 9.97 Å². The van der Waals surface area contributed by atoms with Gasteiger partial charge >= 0.3 is 0 Å². The van der Waals surface area contributed by atoms with Gasteiger partial charge in [-0.1, -0.05) is 0 Å². The Morgan fingerprint density at radius 2 is 2.14 bits per heavy atom. The van der Waals surface area contributed by atoms with E-state index < -0.39 is 0 Å². The van der Waals surface area contributed by atoms with E-state index in [0.29, 0.717) is 0 Å². The third-order valence-corrected chi connectivity index (χ3v) is 4.25. The molecule has 6 heteroatoms. The lowest BCUT2D eigenvalue weighted by Gasteiger charge is -2.08. The second-order valence-corrected chi connectivity index (χ2v) is 5.94. The molecule has 2 heterocycles. The standard InChI is InChI=1S/C16H15N3O2S/c1-9-6-13(18-10(2)20)12(8-17-9)16-19-14-7-11(21-3)4-5-15(14)22-16/h4-8H,1-3H3,(H,17,18,20). The van der Waals surface area contributed by atoms with E-state index in [1.807, 2.05) is 31.2 Å². The zero-order valence-electron chi connectivity index (χ0n) is 12.5. The van der Waals surface area contributed by atoms with Crippen LogP contribution in [0.3, 0.4) is 0 Å². The molecule has 112 valence electrons. The molecule has 1 N–H and O–H groups in total. The number of amides is 1. The molecule has 0 saturated carbocycles. The second-order valence-electron chi connectivity index (χ2n) is 4.91. The number of hydrogen-bond donors (Lipinski definition) is 1. The van der Waals surface area contributed by atoms with Gasteiger partial charge in [0.2, 0.25) is 5.91 Å². The molecule has 0 aliphatic heterocycles. The number of rotatable bonds is 3. The van der Waals surface area contributed by atoms with Crippen molar-refractivity contribution in [1.29, 1.82) is 0 Å². The Balaban J connectivity index is 2.12. The number of aryl methyl sites for hydroxylation is 1. The van der Waals surface area contributed by atoms with Crippen LogP contribution in [0.2, 0.25) is 0 Å².